The zero-order chi connectivity index (χ0) is 25.0. The Balaban J connectivity index is 1.46. The number of hydrogen-bond acceptors (Lipinski definition) is 5. The van der Waals surface area contributed by atoms with Gasteiger partial charge in [-0.25, -0.2) is 9.78 Å². The molecule has 0 atom stereocenters. The molecule has 4 rings (SSSR count). The Morgan fingerprint density at radius 2 is 1.63 bits per heavy atom. The summed E-state index contributed by atoms with van der Waals surface area (Å²) in [6, 6.07) is 20.1. The first kappa shape index (κ1) is 24.0. The van der Waals surface area contributed by atoms with E-state index in [1.165, 1.54) is 12.1 Å². The molecular formula is C25H16ClF3N2O4. The lowest BCUT2D eigenvalue weighted by Crippen LogP contribution is -2.21. The van der Waals surface area contributed by atoms with Gasteiger partial charge >= 0.3 is 12.3 Å². The van der Waals surface area contributed by atoms with Crippen LogP contribution in [0.3, 0.4) is 0 Å². The first-order valence-electron chi connectivity index (χ1n) is 10.2. The zero-order valence-corrected chi connectivity index (χ0v) is 18.6. The van der Waals surface area contributed by atoms with Crippen LogP contribution >= 0.6 is 11.6 Å². The Morgan fingerprint density at radius 1 is 0.943 bits per heavy atom. The normalized spacial score (nSPS) is 11.2. The minimum absolute atomic E-state index is 0.208. The van der Waals surface area contributed by atoms with Crippen LogP contribution in [0.4, 0.5) is 18.9 Å². The highest BCUT2D eigenvalue weighted by Gasteiger charge is 2.31. The molecular weight excluding hydrogens is 485 g/mol. The van der Waals surface area contributed by atoms with E-state index in [9.17, 15) is 22.8 Å². The molecule has 0 saturated heterocycles. The minimum Gasteiger partial charge on any atom is -0.452 e. The number of carbonyl (C=O) groups is 2. The minimum atomic E-state index is -4.82. The quantitative estimate of drug-likeness (QED) is 0.317. The van der Waals surface area contributed by atoms with Crippen molar-refractivity contribution in [3.05, 3.63) is 89.4 Å². The molecule has 1 amide bonds. The fraction of sp³-hybridized carbons (Fsp3) is 0.0800. The molecule has 0 saturated carbocycles. The Kier molecular flexibility index (Phi) is 6.88. The SMILES string of the molecule is O=C(COC(=O)c1cc(-c2ccc(Cl)cc2)nc2ccccc12)Nc1ccc(OC(F)(F)F)cc1. The van der Waals surface area contributed by atoms with Crippen LogP contribution in [0, 0.1) is 0 Å². The van der Waals surface area contributed by atoms with Crippen molar-refractivity contribution >= 4 is 40.1 Å². The van der Waals surface area contributed by atoms with Crippen LogP contribution in [-0.2, 0) is 9.53 Å². The van der Waals surface area contributed by atoms with E-state index >= 15 is 0 Å². The van der Waals surface area contributed by atoms with Gasteiger partial charge in [-0.1, -0.05) is 41.9 Å². The summed E-state index contributed by atoms with van der Waals surface area (Å²) in [4.78, 5) is 29.7. The smallest absolute Gasteiger partial charge is 0.452 e. The third-order valence-corrected chi connectivity index (χ3v) is 5.03. The van der Waals surface area contributed by atoms with Gasteiger partial charge in [0.05, 0.1) is 16.8 Å². The summed E-state index contributed by atoms with van der Waals surface area (Å²) >= 11 is 5.95. The van der Waals surface area contributed by atoms with Crippen molar-refractivity contribution in [3.8, 4) is 17.0 Å². The Hall–Kier alpha value is -4.11. The van der Waals surface area contributed by atoms with Crippen LogP contribution in [0.5, 0.6) is 5.75 Å². The van der Waals surface area contributed by atoms with Crippen LogP contribution < -0.4 is 10.1 Å². The number of pyridine rings is 1. The summed E-state index contributed by atoms with van der Waals surface area (Å²) < 4.78 is 45.7. The summed E-state index contributed by atoms with van der Waals surface area (Å²) in [7, 11) is 0. The maximum atomic E-state index is 12.9. The molecule has 6 nitrogen and oxygen atoms in total. The van der Waals surface area contributed by atoms with Crippen LogP contribution in [0.2, 0.25) is 5.02 Å². The third kappa shape index (κ3) is 6.27. The standard InChI is InChI=1S/C25H16ClF3N2O4/c26-16-7-5-15(6-8-16)22-13-20(19-3-1-2-4-21(19)31-22)24(33)34-14-23(32)30-17-9-11-18(12-10-17)35-25(27,28)29/h1-13H,14H2,(H,30,32). The molecule has 0 spiro atoms. The number of rotatable bonds is 6. The molecule has 10 heteroatoms. The molecule has 4 aromatic rings. The molecule has 0 aliphatic heterocycles. The molecule has 1 aromatic heterocycles. The fourth-order valence-electron chi connectivity index (χ4n) is 3.26. The van der Waals surface area contributed by atoms with Crippen LogP contribution in [0.1, 0.15) is 10.4 Å². The van der Waals surface area contributed by atoms with Crippen molar-refractivity contribution in [1.29, 1.82) is 0 Å². The highest BCUT2D eigenvalue weighted by Crippen LogP contribution is 2.27. The highest BCUT2D eigenvalue weighted by atomic mass is 35.5. The van der Waals surface area contributed by atoms with E-state index in [1.54, 1.807) is 54.6 Å². The number of carbonyl (C=O) groups excluding carboxylic acids is 2. The lowest BCUT2D eigenvalue weighted by Gasteiger charge is -2.11. The third-order valence-electron chi connectivity index (χ3n) is 4.78. The van der Waals surface area contributed by atoms with Crippen molar-refractivity contribution in [2.75, 3.05) is 11.9 Å². The fourth-order valence-corrected chi connectivity index (χ4v) is 3.38. The molecule has 0 unspecified atom stereocenters. The number of benzene rings is 3. The van der Waals surface area contributed by atoms with Gasteiger partial charge in [0.25, 0.3) is 5.91 Å². The molecule has 35 heavy (non-hydrogen) atoms. The van der Waals surface area contributed by atoms with Gasteiger partial charge in [-0.2, -0.15) is 0 Å². The number of para-hydroxylation sites is 1. The Labute approximate surface area is 202 Å². The first-order valence-corrected chi connectivity index (χ1v) is 10.5. The Bertz CT molecular complexity index is 1370. The monoisotopic (exact) mass is 500 g/mol. The van der Waals surface area contributed by atoms with E-state index in [0.29, 0.717) is 21.6 Å². The number of fused-ring (bicyclic) bond motifs is 1. The van der Waals surface area contributed by atoms with Crippen molar-refractivity contribution in [2.24, 2.45) is 0 Å². The van der Waals surface area contributed by atoms with E-state index in [0.717, 1.165) is 17.7 Å². The van der Waals surface area contributed by atoms with Gasteiger partial charge in [-0.15, -0.1) is 13.2 Å². The number of anilines is 1. The van der Waals surface area contributed by atoms with Crippen molar-refractivity contribution in [1.82, 2.24) is 4.98 Å². The van der Waals surface area contributed by atoms with Gasteiger partial charge in [-0.05, 0) is 48.5 Å². The predicted octanol–water partition coefficient (Wildman–Crippen LogP) is 6.25. The number of nitrogens with zero attached hydrogens (tertiary/aromatic N) is 1. The summed E-state index contributed by atoms with van der Waals surface area (Å²) in [6.45, 7) is -0.605. The average Bonchev–Trinajstić information content (AvgIpc) is 2.82. The van der Waals surface area contributed by atoms with Crippen LogP contribution in [0.15, 0.2) is 78.9 Å². The molecule has 1 heterocycles. The first-order chi connectivity index (χ1) is 16.7. The van der Waals surface area contributed by atoms with Gasteiger partial charge in [-0.3, -0.25) is 4.79 Å². The van der Waals surface area contributed by atoms with Crippen molar-refractivity contribution < 1.29 is 32.2 Å². The maximum Gasteiger partial charge on any atom is 0.573 e. The second-order valence-corrected chi connectivity index (χ2v) is 7.71. The lowest BCUT2D eigenvalue weighted by atomic mass is 10.0. The zero-order valence-electron chi connectivity index (χ0n) is 17.8. The van der Waals surface area contributed by atoms with E-state index in [-0.39, 0.29) is 11.3 Å². The molecule has 0 bridgehead atoms. The van der Waals surface area contributed by atoms with Gasteiger partial charge < -0.3 is 14.8 Å². The second kappa shape index (κ2) is 10.0. The molecule has 0 aliphatic carbocycles. The number of amides is 1. The number of esters is 1. The van der Waals surface area contributed by atoms with E-state index in [4.69, 9.17) is 16.3 Å². The largest absolute Gasteiger partial charge is 0.573 e. The van der Waals surface area contributed by atoms with Crippen LogP contribution in [0.25, 0.3) is 22.2 Å². The number of ether oxygens (including phenoxy) is 2. The maximum absolute atomic E-state index is 12.9. The molecule has 178 valence electrons. The number of aromatic nitrogens is 1. The van der Waals surface area contributed by atoms with Gasteiger partial charge in [0.15, 0.2) is 6.61 Å². The predicted molar refractivity (Wildman–Crippen MR) is 124 cm³/mol. The van der Waals surface area contributed by atoms with E-state index in [1.807, 2.05) is 0 Å². The molecule has 0 aliphatic rings. The van der Waals surface area contributed by atoms with Crippen LogP contribution in [-0.4, -0.2) is 29.8 Å². The number of halogens is 4. The van der Waals surface area contributed by atoms with Crippen molar-refractivity contribution in [3.63, 3.8) is 0 Å². The van der Waals surface area contributed by atoms with E-state index < -0.39 is 30.6 Å². The molecule has 1 N–H and O–H groups in total. The number of hydrogen-bond donors (Lipinski definition) is 1. The summed E-state index contributed by atoms with van der Waals surface area (Å²) in [5, 5.41) is 3.55. The summed E-state index contributed by atoms with van der Waals surface area (Å²) in [5.74, 6) is -1.83. The second-order valence-electron chi connectivity index (χ2n) is 7.28. The average molecular weight is 501 g/mol. The Morgan fingerprint density at radius 3 is 2.31 bits per heavy atom. The van der Waals surface area contributed by atoms with E-state index in [2.05, 4.69) is 15.0 Å². The topological polar surface area (TPSA) is 77.5 Å². The number of nitrogens with one attached hydrogen (secondary N) is 1. The van der Waals surface area contributed by atoms with Gasteiger partial charge in [0.1, 0.15) is 5.75 Å². The highest BCUT2D eigenvalue weighted by molar-refractivity contribution is 6.30. The van der Waals surface area contributed by atoms with Crippen molar-refractivity contribution in [2.45, 2.75) is 6.36 Å². The van der Waals surface area contributed by atoms with Gasteiger partial charge in [0, 0.05) is 21.7 Å². The summed E-state index contributed by atoms with van der Waals surface area (Å²) in [5.41, 5.74) is 2.27. The van der Waals surface area contributed by atoms with Gasteiger partial charge in [0.2, 0.25) is 0 Å². The molecule has 0 radical (unpaired) electrons. The molecule has 0 fully saturated rings. The number of alkyl halides is 3. The summed E-state index contributed by atoms with van der Waals surface area (Å²) in [6.07, 6.45) is -4.82. The lowest BCUT2D eigenvalue weighted by molar-refractivity contribution is -0.274. The molecule has 3 aromatic carbocycles.